The quantitative estimate of drug-likeness (QED) is 0.623. The van der Waals surface area contributed by atoms with E-state index in [9.17, 15) is 0 Å². The number of anilines is 2. The molecule has 24 heavy (non-hydrogen) atoms. The molecule has 0 fully saturated rings. The summed E-state index contributed by atoms with van der Waals surface area (Å²) >= 11 is 0. The lowest BCUT2D eigenvalue weighted by Crippen LogP contribution is -1.96. The molecule has 6 heteroatoms. The molecule has 0 bridgehead atoms. The van der Waals surface area contributed by atoms with E-state index >= 15 is 0 Å². The van der Waals surface area contributed by atoms with Crippen molar-refractivity contribution in [3.63, 3.8) is 0 Å². The highest BCUT2D eigenvalue weighted by molar-refractivity contribution is 5.65. The molecule has 0 atom stereocenters. The summed E-state index contributed by atoms with van der Waals surface area (Å²) in [5, 5.41) is 7.73. The van der Waals surface area contributed by atoms with Crippen LogP contribution in [0.5, 0.6) is 5.75 Å². The van der Waals surface area contributed by atoms with Gasteiger partial charge in [-0.15, -0.1) is 5.10 Å². The van der Waals surface area contributed by atoms with E-state index in [4.69, 9.17) is 4.74 Å². The zero-order chi connectivity index (χ0) is 16.4. The molecule has 0 saturated carbocycles. The van der Waals surface area contributed by atoms with Crippen molar-refractivity contribution in [1.29, 1.82) is 0 Å². The Kier molecular flexibility index (Phi) is 3.55. The predicted molar refractivity (Wildman–Crippen MR) is 92.5 cm³/mol. The number of nitrogens with one attached hydrogen (secondary N) is 1. The molecule has 0 spiro atoms. The van der Waals surface area contributed by atoms with E-state index in [1.165, 1.54) is 0 Å². The van der Waals surface area contributed by atoms with Crippen molar-refractivity contribution in [1.82, 2.24) is 19.6 Å². The van der Waals surface area contributed by atoms with Gasteiger partial charge in [-0.25, -0.2) is 4.52 Å². The molecule has 3 aromatic heterocycles. The second-order valence-electron chi connectivity index (χ2n) is 5.21. The summed E-state index contributed by atoms with van der Waals surface area (Å²) in [7, 11) is 1.66. The summed E-state index contributed by atoms with van der Waals surface area (Å²) in [6, 6.07) is 17.6. The van der Waals surface area contributed by atoms with Gasteiger partial charge in [-0.05, 0) is 48.5 Å². The van der Waals surface area contributed by atoms with Gasteiger partial charge in [-0.3, -0.25) is 4.98 Å². The maximum absolute atomic E-state index is 5.21. The summed E-state index contributed by atoms with van der Waals surface area (Å²) in [5.41, 5.74) is 3.62. The average molecular weight is 317 g/mol. The first-order valence-electron chi connectivity index (χ1n) is 7.51. The number of rotatable bonds is 4. The molecule has 0 amide bonds. The smallest absolute Gasteiger partial charge is 0.247 e. The van der Waals surface area contributed by atoms with E-state index in [0.29, 0.717) is 5.95 Å². The molecule has 6 nitrogen and oxygen atoms in total. The molecule has 0 aliphatic rings. The Morgan fingerprint density at radius 3 is 2.62 bits per heavy atom. The number of hydrogen-bond donors (Lipinski definition) is 1. The molecule has 1 N–H and O–H groups in total. The van der Waals surface area contributed by atoms with Crippen LogP contribution in [0.15, 0.2) is 67.0 Å². The van der Waals surface area contributed by atoms with Crippen LogP contribution in [0.25, 0.3) is 16.9 Å². The minimum absolute atomic E-state index is 0.531. The summed E-state index contributed by atoms with van der Waals surface area (Å²) in [5.74, 6) is 1.35. The molecular weight excluding hydrogens is 302 g/mol. The molecule has 0 aliphatic carbocycles. The summed E-state index contributed by atoms with van der Waals surface area (Å²) < 4.78 is 7.03. The summed E-state index contributed by atoms with van der Waals surface area (Å²) in [4.78, 5) is 8.60. The first-order valence-corrected chi connectivity index (χ1v) is 7.51. The topological polar surface area (TPSA) is 64.3 Å². The van der Waals surface area contributed by atoms with Gasteiger partial charge in [0.15, 0.2) is 5.65 Å². The number of nitrogens with zero attached hydrogens (tertiary/aromatic N) is 4. The first kappa shape index (κ1) is 14.2. The van der Waals surface area contributed by atoms with Crippen LogP contribution in [0, 0.1) is 0 Å². The predicted octanol–water partition coefficient (Wildman–Crippen LogP) is 3.54. The van der Waals surface area contributed by atoms with Gasteiger partial charge in [0.05, 0.1) is 24.7 Å². The number of aromatic nitrogens is 4. The maximum Gasteiger partial charge on any atom is 0.247 e. The molecular formula is C18H15N5O. The molecule has 4 rings (SSSR count). The van der Waals surface area contributed by atoms with Gasteiger partial charge in [0.25, 0.3) is 0 Å². The third-order valence-electron chi connectivity index (χ3n) is 3.66. The Morgan fingerprint density at radius 2 is 1.88 bits per heavy atom. The van der Waals surface area contributed by atoms with Gasteiger partial charge < -0.3 is 10.1 Å². The standard InChI is InChI=1S/C18H15N5O/c1-24-15-9-7-13(8-10-15)16-5-2-6-17-21-18(22-23(16)17)20-14-4-3-11-19-12-14/h2-12H,1H3,(H,20,22). The highest BCUT2D eigenvalue weighted by atomic mass is 16.5. The second kappa shape index (κ2) is 6.00. The van der Waals surface area contributed by atoms with Crippen molar-refractivity contribution >= 4 is 17.3 Å². The van der Waals surface area contributed by atoms with Crippen LogP contribution in [-0.2, 0) is 0 Å². The fourth-order valence-electron chi connectivity index (χ4n) is 2.50. The van der Waals surface area contributed by atoms with E-state index in [0.717, 1.165) is 28.3 Å². The number of ether oxygens (including phenoxy) is 1. The van der Waals surface area contributed by atoms with Gasteiger partial charge in [-0.2, -0.15) is 4.98 Å². The van der Waals surface area contributed by atoms with Crippen molar-refractivity contribution in [2.45, 2.75) is 0 Å². The van der Waals surface area contributed by atoms with Gasteiger partial charge >= 0.3 is 0 Å². The van der Waals surface area contributed by atoms with Crippen LogP contribution < -0.4 is 10.1 Å². The second-order valence-corrected chi connectivity index (χ2v) is 5.21. The molecule has 3 heterocycles. The van der Waals surface area contributed by atoms with Crippen molar-refractivity contribution in [2.75, 3.05) is 12.4 Å². The lowest BCUT2D eigenvalue weighted by molar-refractivity contribution is 0.415. The maximum atomic E-state index is 5.21. The monoisotopic (exact) mass is 317 g/mol. The van der Waals surface area contributed by atoms with Crippen LogP contribution in [0.4, 0.5) is 11.6 Å². The molecule has 1 aromatic carbocycles. The van der Waals surface area contributed by atoms with Gasteiger partial charge in [0.2, 0.25) is 5.95 Å². The third-order valence-corrected chi connectivity index (χ3v) is 3.66. The molecule has 118 valence electrons. The number of fused-ring (bicyclic) bond motifs is 1. The molecule has 0 unspecified atom stereocenters. The van der Waals surface area contributed by atoms with Crippen LogP contribution in [0.1, 0.15) is 0 Å². The Bertz CT molecular complexity index is 964. The Labute approximate surface area is 138 Å². The van der Waals surface area contributed by atoms with Crippen molar-refractivity contribution in [3.8, 4) is 17.0 Å². The highest BCUT2D eigenvalue weighted by Crippen LogP contribution is 2.24. The van der Waals surface area contributed by atoms with Crippen molar-refractivity contribution in [3.05, 3.63) is 67.0 Å². The van der Waals surface area contributed by atoms with E-state index < -0.39 is 0 Å². The zero-order valence-electron chi connectivity index (χ0n) is 13.0. The number of hydrogen-bond acceptors (Lipinski definition) is 5. The van der Waals surface area contributed by atoms with Crippen LogP contribution >= 0.6 is 0 Å². The van der Waals surface area contributed by atoms with Gasteiger partial charge in [-0.1, -0.05) is 6.07 Å². The fourth-order valence-corrected chi connectivity index (χ4v) is 2.50. The Morgan fingerprint density at radius 1 is 1.00 bits per heavy atom. The van der Waals surface area contributed by atoms with E-state index in [-0.39, 0.29) is 0 Å². The minimum atomic E-state index is 0.531. The number of benzene rings is 1. The molecule has 0 saturated heterocycles. The average Bonchev–Trinajstić information content (AvgIpc) is 3.05. The van der Waals surface area contributed by atoms with E-state index in [2.05, 4.69) is 20.4 Å². The normalized spacial score (nSPS) is 10.7. The largest absolute Gasteiger partial charge is 0.497 e. The first-order chi connectivity index (χ1) is 11.8. The zero-order valence-corrected chi connectivity index (χ0v) is 13.0. The molecule has 4 aromatic rings. The Balaban J connectivity index is 1.74. The van der Waals surface area contributed by atoms with Crippen molar-refractivity contribution < 1.29 is 4.74 Å². The fraction of sp³-hybridized carbons (Fsp3) is 0.0556. The highest BCUT2D eigenvalue weighted by Gasteiger charge is 2.09. The van der Waals surface area contributed by atoms with E-state index in [1.807, 2.05) is 59.1 Å². The van der Waals surface area contributed by atoms with Gasteiger partial charge in [0, 0.05) is 11.8 Å². The Hall–Kier alpha value is -3.41. The van der Waals surface area contributed by atoms with Crippen molar-refractivity contribution in [2.24, 2.45) is 0 Å². The lowest BCUT2D eigenvalue weighted by atomic mass is 10.1. The molecule has 0 radical (unpaired) electrons. The minimum Gasteiger partial charge on any atom is -0.497 e. The van der Waals surface area contributed by atoms with E-state index in [1.54, 1.807) is 19.5 Å². The lowest BCUT2D eigenvalue weighted by Gasteiger charge is -2.05. The van der Waals surface area contributed by atoms with Crippen LogP contribution in [0.2, 0.25) is 0 Å². The van der Waals surface area contributed by atoms with Gasteiger partial charge in [0.1, 0.15) is 5.75 Å². The molecule has 0 aliphatic heterocycles. The SMILES string of the molecule is COc1ccc(-c2cccc3nc(Nc4cccnc4)nn23)cc1. The summed E-state index contributed by atoms with van der Waals surface area (Å²) in [6.07, 6.45) is 3.46. The number of methoxy groups -OCH3 is 1. The number of pyridine rings is 2. The summed E-state index contributed by atoms with van der Waals surface area (Å²) in [6.45, 7) is 0. The van der Waals surface area contributed by atoms with Crippen LogP contribution in [0.3, 0.4) is 0 Å². The third kappa shape index (κ3) is 2.65. The van der Waals surface area contributed by atoms with Crippen LogP contribution in [-0.4, -0.2) is 26.7 Å².